The number of hydrogen-bond acceptors (Lipinski definition) is 6. The highest BCUT2D eigenvalue weighted by atomic mass is 16.6. The lowest BCUT2D eigenvalue weighted by molar-refractivity contribution is -0.384. The van der Waals surface area contributed by atoms with Gasteiger partial charge in [0.15, 0.2) is 5.78 Å². The van der Waals surface area contributed by atoms with E-state index in [1.165, 1.54) is 23.8 Å². The summed E-state index contributed by atoms with van der Waals surface area (Å²) >= 11 is 0. The normalized spacial score (nSPS) is 14.8. The first kappa shape index (κ1) is 20.9. The Morgan fingerprint density at radius 1 is 1.06 bits per heavy atom. The minimum Gasteiger partial charge on any atom is -0.507 e. The second kappa shape index (κ2) is 8.50. The van der Waals surface area contributed by atoms with Crippen molar-refractivity contribution in [1.29, 1.82) is 0 Å². The molecule has 0 amide bonds. The lowest BCUT2D eigenvalue weighted by atomic mass is 9.89. The molecule has 2 aliphatic rings. The molecule has 0 aromatic heterocycles. The standard InChI is InChI=1S/C26H23N3O4/c30-25(17-6-2-1-3-7-17)22-15-20(29(32)33)10-11-23(22)27-16-19-14-18-8-4-12-28-13-5-9-21(24(18)28)26(19)31/h1-3,6-7,10-11,14-16,31H,4-5,8-9,12-13H2. The van der Waals surface area contributed by atoms with E-state index in [4.69, 9.17) is 0 Å². The summed E-state index contributed by atoms with van der Waals surface area (Å²) in [5.41, 5.74) is 4.66. The smallest absolute Gasteiger partial charge is 0.270 e. The average molecular weight is 441 g/mol. The maximum absolute atomic E-state index is 13.1. The van der Waals surface area contributed by atoms with Crippen LogP contribution in [0.4, 0.5) is 17.1 Å². The molecule has 2 aliphatic heterocycles. The van der Waals surface area contributed by atoms with Crippen LogP contribution in [0.1, 0.15) is 45.5 Å². The first-order chi connectivity index (χ1) is 16.0. The molecule has 0 fully saturated rings. The molecule has 0 unspecified atom stereocenters. The molecule has 5 rings (SSSR count). The van der Waals surface area contributed by atoms with E-state index in [1.54, 1.807) is 36.5 Å². The molecule has 0 atom stereocenters. The van der Waals surface area contributed by atoms with Crippen molar-refractivity contribution in [2.45, 2.75) is 25.7 Å². The number of hydrogen-bond donors (Lipinski definition) is 1. The van der Waals surface area contributed by atoms with Gasteiger partial charge < -0.3 is 10.0 Å². The highest BCUT2D eigenvalue weighted by Gasteiger charge is 2.27. The number of ketones is 1. The molecular weight excluding hydrogens is 418 g/mol. The molecule has 7 heteroatoms. The van der Waals surface area contributed by atoms with E-state index < -0.39 is 4.92 Å². The number of aliphatic imine (C=N–C) groups is 1. The van der Waals surface area contributed by atoms with Gasteiger partial charge in [0.05, 0.1) is 16.2 Å². The summed E-state index contributed by atoms with van der Waals surface area (Å²) in [5, 5.41) is 22.3. The van der Waals surface area contributed by atoms with Crippen LogP contribution in [0.15, 0.2) is 59.6 Å². The van der Waals surface area contributed by atoms with E-state index in [-0.39, 0.29) is 22.8 Å². The zero-order valence-corrected chi connectivity index (χ0v) is 18.0. The van der Waals surface area contributed by atoms with E-state index in [0.717, 1.165) is 50.0 Å². The summed E-state index contributed by atoms with van der Waals surface area (Å²) in [6.45, 7) is 2.03. The lowest BCUT2D eigenvalue weighted by Gasteiger charge is -2.37. The molecule has 0 spiro atoms. The van der Waals surface area contributed by atoms with Crippen molar-refractivity contribution >= 4 is 29.1 Å². The van der Waals surface area contributed by atoms with Gasteiger partial charge in [-0.25, -0.2) is 0 Å². The monoisotopic (exact) mass is 441 g/mol. The number of nitrogens with zero attached hydrogens (tertiary/aromatic N) is 3. The number of nitro groups is 1. The van der Waals surface area contributed by atoms with Crippen molar-refractivity contribution in [2.24, 2.45) is 4.99 Å². The largest absolute Gasteiger partial charge is 0.507 e. The van der Waals surface area contributed by atoms with Gasteiger partial charge in [-0.15, -0.1) is 0 Å². The SMILES string of the molecule is O=C(c1ccccc1)c1cc([N+](=O)[O-])ccc1N=Cc1cc2c3c(c1O)CCCN3CCC2. The Morgan fingerprint density at radius 2 is 1.82 bits per heavy atom. The van der Waals surface area contributed by atoms with Gasteiger partial charge in [0.1, 0.15) is 5.75 Å². The Morgan fingerprint density at radius 3 is 2.58 bits per heavy atom. The third kappa shape index (κ3) is 3.86. The van der Waals surface area contributed by atoms with Crippen LogP contribution in [0.3, 0.4) is 0 Å². The van der Waals surface area contributed by atoms with Crippen LogP contribution in [-0.4, -0.2) is 35.1 Å². The Bertz CT molecular complexity index is 1280. The highest BCUT2D eigenvalue weighted by molar-refractivity contribution is 6.12. The number of benzene rings is 3. The lowest BCUT2D eigenvalue weighted by Crippen LogP contribution is -2.34. The van der Waals surface area contributed by atoms with Crippen molar-refractivity contribution < 1.29 is 14.8 Å². The number of nitro benzene ring substituents is 1. The van der Waals surface area contributed by atoms with Crippen molar-refractivity contribution in [3.05, 3.63) is 92.5 Å². The topological polar surface area (TPSA) is 96.0 Å². The first-order valence-corrected chi connectivity index (χ1v) is 11.1. The molecule has 0 aliphatic carbocycles. The Balaban J connectivity index is 1.57. The molecule has 2 heterocycles. The zero-order chi connectivity index (χ0) is 22.9. The van der Waals surface area contributed by atoms with Gasteiger partial charge in [-0.2, -0.15) is 0 Å². The molecular formula is C26H23N3O4. The third-order valence-electron chi connectivity index (χ3n) is 6.34. The first-order valence-electron chi connectivity index (χ1n) is 11.1. The Hall–Kier alpha value is -4.00. The number of rotatable bonds is 5. The number of phenolic OH excluding ortho intramolecular Hbond substituents is 1. The minimum absolute atomic E-state index is 0.150. The number of phenols is 1. The molecule has 1 N–H and O–H groups in total. The number of aromatic hydroxyl groups is 1. The molecule has 0 bridgehead atoms. The van der Waals surface area contributed by atoms with Crippen LogP contribution in [0.25, 0.3) is 0 Å². The summed E-state index contributed by atoms with van der Waals surface area (Å²) in [6.07, 6.45) is 5.41. The maximum atomic E-state index is 13.1. The quantitative estimate of drug-likeness (QED) is 0.261. The molecule has 0 saturated carbocycles. The van der Waals surface area contributed by atoms with Gasteiger partial charge in [0.2, 0.25) is 0 Å². The van der Waals surface area contributed by atoms with Crippen LogP contribution >= 0.6 is 0 Å². The fourth-order valence-electron chi connectivity index (χ4n) is 4.78. The minimum atomic E-state index is -0.527. The number of carbonyl (C=O) groups is 1. The number of non-ortho nitro benzene ring substituents is 1. The molecule has 3 aromatic carbocycles. The number of carbonyl (C=O) groups excluding carboxylic acids is 1. The van der Waals surface area contributed by atoms with Crippen molar-refractivity contribution in [3.63, 3.8) is 0 Å². The summed E-state index contributed by atoms with van der Waals surface area (Å²) in [7, 11) is 0. The molecule has 3 aromatic rings. The third-order valence-corrected chi connectivity index (χ3v) is 6.34. The van der Waals surface area contributed by atoms with Crippen LogP contribution in [0, 0.1) is 10.1 Å². The number of aryl methyl sites for hydroxylation is 1. The average Bonchev–Trinajstić information content (AvgIpc) is 2.85. The zero-order valence-electron chi connectivity index (χ0n) is 18.0. The highest BCUT2D eigenvalue weighted by Crippen LogP contribution is 2.41. The van der Waals surface area contributed by atoms with Gasteiger partial charge in [-0.05, 0) is 43.4 Å². The van der Waals surface area contributed by atoms with Crippen molar-refractivity contribution in [1.82, 2.24) is 0 Å². The van der Waals surface area contributed by atoms with Crippen molar-refractivity contribution in [2.75, 3.05) is 18.0 Å². The summed E-state index contributed by atoms with van der Waals surface area (Å²) < 4.78 is 0. The van der Waals surface area contributed by atoms with Gasteiger partial charge in [-0.1, -0.05) is 30.3 Å². The van der Waals surface area contributed by atoms with Crippen LogP contribution in [0.2, 0.25) is 0 Å². The Labute approximate surface area is 191 Å². The second-order valence-electron chi connectivity index (χ2n) is 8.41. The van der Waals surface area contributed by atoms with Crippen molar-refractivity contribution in [3.8, 4) is 5.75 Å². The van der Waals surface area contributed by atoms with E-state index in [2.05, 4.69) is 9.89 Å². The fourth-order valence-corrected chi connectivity index (χ4v) is 4.78. The summed E-state index contributed by atoms with van der Waals surface area (Å²) in [6, 6.07) is 14.7. The summed E-state index contributed by atoms with van der Waals surface area (Å²) in [4.78, 5) is 30.7. The maximum Gasteiger partial charge on any atom is 0.270 e. The van der Waals surface area contributed by atoms with E-state index in [1.807, 2.05) is 6.07 Å². The van der Waals surface area contributed by atoms with E-state index in [0.29, 0.717) is 16.8 Å². The molecule has 166 valence electrons. The second-order valence-corrected chi connectivity index (χ2v) is 8.41. The van der Waals surface area contributed by atoms with E-state index >= 15 is 0 Å². The van der Waals surface area contributed by atoms with Gasteiger partial charge >= 0.3 is 0 Å². The van der Waals surface area contributed by atoms with Gasteiger partial charge in [0.25, 0.3) is 5.69 Å². The van der Waals surface area contributed by atoms with Gasteiger partial charge in [0, 0.05) is 53.8 Å². The van der Waals surface area contributed by atoms with Crippen LogP contribution < -0.4 is 4.90 Å². The molecule has 0 saturated heterocycles. The Kier molecular flexibility index (Phi) is 5.38. The predicted molar refractivity (Wildman–Crippen MR) is 127 cm³/mol. The number of anilines is 1. The van der Waals surface area contributed by atoms with Crippen LogP contribution in [-0.2, 0) is 12.8 Å². The van der Waals surface area contributed by atoms with E-state index in [9.17, 15) is 20.0 Å². The molecule has 33 heavy (non-hydrogen) atoms. The predicted octanol–water partition coefficient (Wildman–Crippen LogP) is 4.98. The summed E-state index contributed by atoms with van der Waals surface area (Å²) in [5.74, 6) is -0.117. The van der Waals surface area contributed by atoms with Gasteiger partial charge in [-0.3, -0.25) is 19.9 Å². The van der Waals surface area contributed by atoms with Crippen LogP contribution in [0.5, 0.6) is 5.75 Å². The molecule has 0 radical (unpaired) electrons. The molecule has 7 nitrogen and oxygen atoms in total. The fraction of sp³-hybridized carbons (Fsp3) is 0.231.